The van der Waals surface area contributed by atoms with Gasteiger partial charge < -0.3 is 4.98 Å². The Morgan fingerprint density at radius 1 is 1.47 bits per heavy atom. The number of aryl methyl sites for hydroxylation is 1. The topological polar surface area (TPSA) is 32.9 Å². The van der Waals surface area contributed by atoms with Crippen molar-refractivity contribution in [1.29, 1.82) is 0 Å². The molecule has 0 spiro atoms. The van der Waals surface area contributed by atoms with E-state index in [-0.39, 0.29) is 11.6 Å². The minimum Gasteiger partial charge on any atom is -0.358 e. The van der Waals surface area contributed by atoms with Crippen LogP contribution in [0.2, 0.25) is 0 Å². The third kappa shape index (κ3) is 1.59. The molecule has 0 fully saturated rings. The second-order valence-corrected chi connectivity index (χ2v) is 4.35. The first-order valence-electron chi connectivity index (χ1n) is 4.49. The fraction of sp³-hybridized carbons (Fsp3) is 0.182. The number of aromatic amines is 1. The van der Waals surface area contributed by atoms with Crippen molar-refractivity contribution >= 4 is 32.6 Å². The Kier molecular flexibility index (Phi) is 2.38. The Hall–Kier alpha value is -1.16. The lowest BCUT2D eigenvalue weighted by Gasteiger charge is -1.97. The fourth-order valence-electron chi connectivity index (χ4n) is 1.78. The lowest BCUT2D eigenvalue weighted by molar-refractivity contribution is 0.101. The molecule has 0 bridgehead atoms. The number of halogens is 2. The average molecular weight is 270 g/mol. The normalized spacial score (nSPS) is 10.9. The molecule has 1 aromatic heterocycles. The molecular formula is C11H9BrFNO. The number of Topliss-reactive ketones (excluding diaryl/α,β-unsaturated/α-hetero) is 1. The molecule has 15 heavy (non-hydrogen) atoms. The van der Waals surface area contributed by atoms with Crippen molar-refractivity contribution in [3.05, 3.63) is 33.7 Å². The maximum Gasteiger partial charge on any atom is 0.162 e. The van der Waals surface area contributed by atoms with Gasteiger partial charge in [0.05, 0.1) is 4.47 Å². The molecule has 2 rings (SSSR count). The van der Waals surface area contributed by atoms with E-state index in [1.165, 1.54) is 13.0 Å². The highest BCUT2D eigenvalue weighted by Crippen LogP contribution is 2.27. The summed E-state index contributed by atoms with van der Waals surface area (Å²) in [4.78, 5) is 14.4. The summed E-state index contributed by atoms with van der Waals surface area (Å²) in [5.74, 6) is -0.413. The van der Waals surface area contributed by atoms with Gasteiger partial charge in [-0.05, 0) is 41.9 Å². The lowest BCUT2D eigenvalue weighted by Crippen LogP contribution is -1.93. The summed E-state index contributed by atoms with van der Waals surface area (Å²) in [6, 6.07) is 3.02. The molecule has 2 aromatic rings. The van der Waals surface area contributed by atoms with Gasteiger partial charge in [-0.2, -0.15) is 0 Å². The Balaban J connectivity index is 2.87. The van der Waals surface area contributed by atoms with Crippen LogP contribution in [0.15, 0.2) is 16.6 Å². The standard InChI is InChI=1S/C11H9BrFNO/c1-5-11(6(2)15)7-3-9(13)8(12)4-10(7)14-5/h3-4,14H,1-2H3. The van der Waals surface area contributed by atoms with Crippen molar-refractivity contribution in [3.8, 4) is 0 Å². The maximum absolute atomic E-state index is 13.3. The van der Waals surface area contributed by atoms with Gasteiger partial charge in [-0.15, -0.1) is 0 Å². The van der Waals surface area contributed by atoms with Crippen LogP contribution in [0.1, 0.15) is 23.0 Å². The van der Waals surface area contributed by atoms with Gasteiger partial charge in [0, 0.05) is 22.2 Å². The second kappa shape index (κ2) is 3.45. The molecule has 0 radical (unpaired) electrons. The fourth-order valence-corrected chi connectivity index (χ4v) is 2.12. The van der Waals surface area contributed by atoms with Crippen molar-refractivity contribution < 1.29 is 9.18 Å². The van der Waals surface area contributed by atoms with Crippen LogP contribution in [0, 0.1) is 12.7 Å². The first kappa shape index (κ1) is 10.4. The first-order chi connectivity index (χ1) is 7.00. The van der Waals surface area contributed by atoms with Gasteiger partial charge in [0.1, 0.15) is 5.82 Å². The van der Waals surface area contributed by atoms with Crippen molar-refractivity contribution in [3.63, 3.8) is 0 Å². The molecule has 78 valence electrons. The summed E-state index contributed by atoms with van der Waals surface area (Å²) in [6.45, 7) is 3.29. The van der Waals surface area contributed by atoms with Gasteiger partial charge in [0.25, 0.3) is 0 Å². The summed E-state index contributed by atoms with van der Waals surface area (Å²) >= 11 is 3.11. The smallest absolute Gasteiger partial charge is 0.162 e. The largest absolute Gasteiger partial charge is 0.358 e. The molecule has 0 atom stereocenters. The van der Waals surface area contributed by atoms with E-state index in [0.29, 0.717) is 15.4 Å². The van der Waals surface area contributed by atoms with Crippen LogP contribution >= 0.6 is 15.9 Å². The van der Waals surface area contributed by atoms with Crippen LogP contribution in [0.25, 0.3) is 10.9 Å². The van der Waals surface area contributed by atoms with E-state index in [9.17, 15) is 9.18 Å². The molecule has 1 aromatic carbocycles. The van der Waals surface area contributed by atoms with Gasteiger partial charge in [0.2, 0.25) is 0 Å². The van der Waals surface area contributed by atoms with Crippen molar-refractivity contribution in [1.82, 2.24) is 4.98 Å². The Bertz CT molecular complexity index is 559. The number of nitrogens with one attached hydrogen (secondary N) is 1. The highest BCUT2D eigenvalue weighted by molar-refractivity contribution is 9.10. The molecule has 0 amide bonds. The van der Waals surface area contributed by atoms with Crippen LogP contribution in [0.3, 0.4) is 0 Å². The van der Waals surface area contributed by atoms with Crippen molar-refractivity contribution in [2.24, 2.45) is 0 Å². The zero-order valence-electron chi connectivity index (χ0n) is 8.32. The van der Waals surface area contributed by atoms with Crippen LogP contribution < -0.4 is 0 Å². The SMILES string of the molecule is CC(=O)c1c(C)[nH]c2cc(Br)c(F)cc12. The summed E-state index contributed by atoms with van der Waals surface area (Å²) in [7, 11) is 0. The number of carbonyl (C=O) groups is 1. The summed E-state index contributed by atoms with van der Waals surface area (Å²) in [6.07, 6.45) is 0. The molecular weight excluding hydrogens is 261 g/mol. The van der Waals surface area contributed by atoms with E-state index in [1.54, 1.807) is 6.07 Å². The highest BCUT2D eigenvalue weighted by atomic mass is 79.9. The lowest BCUT2D eigenvalue weighted by atomic mass is 10.1. The molecule has 1 N–H and O–H groups in total. The van der Waals surface area contributed by atoms with E-state index >= 15 is 0 Å². The van der Waals surface area contributed by atoms with E-state index in [1.807, 2.05) is 6.92 Å². The highest BCUT2D eigenvalue weighted by Gasteiger charge is 2.14. The monoisotopic (exact) mass is 269 g/mol. The maximum atomic E-state index is 13.3. The molecule has 4 heteroatoms. The average Bonchev–Trinajstić information content (AvgIpc) is 2.41. The van der Waals surface area contributed by atoms with E-state index in [4.69, 9.17) is 0 Å². The molecule has 0 saturated heterocycles. The van der Waals surface area contributed by atoms with Crippen molar-refractivity contribution in [2.75, 3.05) is 0 Å². The van der Waals surface area contributed by atoms with Gasteiger partial charge in [-0.1, -0.05) is 0 Å². The zero-order valence-corrected chi connectivity index (χ0v) is 9.90. The molecule has 0 aliphatic rings. The van der Waals surface area contributed by atoms with Gasteiger partial charge in [-0.3, -0.25) is 4.79 Å². The summed E-state index contributed by atoms with van der Waals surface area (Å²) in [5, 5.41) is 0.640. The van der Waals surface area contributed by atoms with Crippen LogP contribution in [0.5, 0.6) is 0 Å². The number of hydrogen-bond acceptors (Lipinski definition) is 1. The van der Waals surface area contributed by atoms with E-state index in [2.05, 4.69) is 20.9 Å². The summed E-state index contributed by atoms with van der Waals surface area (Å²) < 4.78 is 13.7. The van der Waals surface area contributed by atoms with Gasteiger partial charge >= 0.3 is 0 Å². The third-order valence-corrected chi connectivity index (χ3v) is 2.99. The molecule has 0 aliphatic heterocycles. The predicted molar refractivity (Wildman–Crippen MR) is 60.7 cm³/mol. The van der Waals surface area contributed by atoms with Crippen LogP contribution in [-0.4, -0.2) is 10.8 Å². The number of hydrogen-bond donors (Lipinski definition) is 1. The number of carbonyl (C=O) groups excluding carboxylic acids is 1. The minimum absolute atomic E-state index is 0.0551. The molecule has 1 heterocycles. The first-order valence-corrected chi connectivity index (χ1v) is 5.28. The second-order valence-electron chi connectivity index (χ2n) is 3.49. The quantitative estimate of drug-likeness (QED) is 0.789. The van der Waals surface area contributed by atoms with Crippen LogP contribution in [-0.2, 0) is 0 Å². The molecule has 0 aliphatic carbocycles. The number of H-pyrrole nitrogens is 1. The number of rotatable bonds is 1. The molecule has 0 saturated carbocycles. The summed E-state index contributed by atoms with van der Waals surface area (Å²) in [5.41, 5.74) is 2.11. The van der Waals surface area contributed by atoms with E-state index < -0.39 is 0 Å². The van der Waals surface area contributed by atoms with Crippen LogP contribution in [0.4, 0.5) is 4.39 Å². The number of fused-ring (bicyclic) bond motifs is 1. The molecule has 2 nitrogen and oxygen atoms in total. The van der Waals surface area contributed by atoms with Gasteiger partial charge in [0.15, 0.2) is 5.78 Å². The number of aromatic nitrogens is 1. The zero-order chi connectivity index (χ0) is 11.2. The third-order valence-electron chi connectivity index (χ3n) is 2.38. The Morgan fingerprint density at radius 3 is 2.73 bits per heavy atom. The number of ketones is 1. The Morgan fingerprint density at radius 2 is 2.13 bits per heavy atom. The van der Waals surface area contributed by atoms with Crippen molar-refractivity contribution in [2.45, 2.75) is 13.8 Å². The Labute approximate surface area is 94.6 Å². The molecule has 0 unspecified atom stereocenters. The number of benzene rings is 1. The van der Waals surface area contributed by atoms with E-state index in [0.717, 1.165) is 11.2 Å². The predicted octanol–water partition coefficient (Wildman–Crippen LogP) is 3.58. The van der Waals surface area contributed by atoms with Gasteiger partial charge in [-0.25, -0.2) is 4.39 Å². The minimum atomic E-state index is -0.357.